The Labute approximate surface area is 101 Å². The van der Waals surface area contributed by atoms with Gasteiger partial charge in [-0.15, -0.1) is 5.73 Å². The van der Waals surface area contributed by atoms with E-state index in [0.29, 0.717) is 24.8 Å². The summed E-state index contributed by atoms with van der Waals surface area (Å²) in [6.07, 6.45) is 3.28. The number of hydrogen-bond acceptors (Lipinski definition) is 3. The molecule has 0 atom stereocenters. The molecule has 0 saturated heterocycles. The Morgan fingerprint density at radius 2 is 2.35 bits per heavy atom. The van der Waals surface area contributed by atoms with Crippen LogP contribution in [0.15, 0.2) is 30.5 Å². The maximum atomic E-state index is 10.9. The minimum atomic E-state index is -0.230. The Kier molecular flexibility index (Phi) is 5.05. The van der Waals surface area contributed by atoms with Gasteiger partial charge in [-0.25, -0.2) is 0 Å². The maximum absolute atomic E-state index is 10.9. The molecule has 1 rings (SSSR count). The minimum absolute atomic E-state index is 0.230. The minimum Gasteiger partial charge on any atom is -0.507 e. The van der Waals surface area contributed by atoms with E-state index in [1.54, 1.807) is 12.1 Å². The lowest BCUT2D eigenvalue weighted by Gasteiger charge is -2.06. The number of para-hydroxylation sites is 1. The van der Waals surface area contributed by atoms with Gasteiger partial charge < -0.3 is 9.84 Å². The standard InChI is InChI=1S/C14H16O3/c1-3-6-11-7-4-8-12(14(11)16)9-5-10-13(15)17-2/h4,6-8,16H,1,5,9-10H2,2H3. The molecule has 0 spiro atoms. The van der Waals surface area contributed by atoms with Gasteiger partial charge >= 0.3 is 5.97 Å². The summed E-state index contributed by atoms with van der Waals surface area (Å²) < 4.78 is 4.55. The summed E-state index contributed by atoms with van der Waals surface area (Å²) in [4.78, 5) is 10.9. The normalized spacial score (nSPS) is 9.47. The van der Waals surface area contributed by atoms with E-state index < -0.39 is 0 Å². The molecule has 3 nitrogen and oxygen atoms in total. The van der Waals surface area contributed by atoms with Crippen molar-refractivity contribution in [3.8, 4) is 5.75 Å². The highest BCUT2D eigenvalue weighted by Gasteiger charge is 2.06. The number of aryl methyl sites for hydroxylation is 1. The van der Waals surface area contributed by atoms with E-state index in [-0.39, 0.29) is 11.7 Å². The number of hydrogen-bond donors (Lipinski definition) is 1. The van der Waals surface area contributed by atoms with Crippen LogP contribution in [-0.4, -0.2) is 18.2 Å². The van der Waals surface area contributed by atoms with E-state index in [1.807, 2.05) is 12.1 Å². The highest BCUT2D eigenvalue weighted by molar-refractivity contribution is 5.69. The van der Waals surface area contributed by atoms with Crippen molar-refractivity contribution >= 4 is 12.0 Å². The Morgan fingerprint density at radius 3 is 3.00 bits per heavy atom. The molecule has 0 saturated carbocycles. The first-order valence-corrected chi connectivity index (χ1v) is 5.42. The van der Waals surface area contributed by atoms with Gasteiger partial charge in [0.05, 0.1) is 7.11 Å². The molecule has 0 bridgehead atoms. The summed E-state index contributed by atoms with van der Waals surface area (Å²) in [6.45, 7) is 3.47. The molecule has 1 aromatic carbocycles. The first-order chi connectivity index (χ1) is 8.19. The van der Waals surface area contributed by atoms with E-state index >= 15 is 0 Å². The molecule has 1 N–H and O–H groups in total. The van der Waals surface area contributed by atoms with Gasteiger partial charge in [0.15, 0.2) is 0 Å². The number of carbonyl (C=O) groups excluding carboxylic acids is 1. The van der Waals surface area contributed by atoms with Crippen LogP contribution < -0.4 is 0 Å². The Balaban J connectivity index is 2.68. The zero-order valence-electron chi connectivity index (χ0n) is 9.90. The molecule has 0 heterocycles. The van der Waals surface area contributed by atoms with Crippen molar-refractivity contribution in [1.29, 1.82) is 0 Å². The molecule has 0 fully saturated rings. The van der Waals surface area contributed by atoms with Crippen LogP contribution in [0.5, 0.6) is 5.75 Å². The number of phenols is 1. The molecule has 17 heavy (non-hydrogen) atoms. The summed E-state index contributed by atoms with van der Waals surface area (Å²) >= 11 is 0. The Morgan fingerprint density at radius 1 is 1.59 bits per heavy atom. The summed E-state index contributed by atoms with van der Waals surface area (Å²) in [5, 5.41) is 9.93. The van der Waals surface area contributed by atoms with Crippen molar-refractivity contribution in [3.63, 3.8) is 0 Å². The lowest BCUT2D eigenvalue weighted by atomic mass is 10.0. The quantitative estimate of drug-likeness (QED) is 0.627. The monoisotopic (exact) mass is 232 g/mol. The van der Waals surface area contributed by atoms with Crippen molar-refractivity contribution in [1.82, 2.24) is 0 Å². The summed E-state index contributed by atoms with van der Waals surface area (Å²) in [5.74, 6) is 0.000137. The van der Waals surface area contributed by atoms with Crippen LogP contribution in [0.4, 0.5) is 0 Å². The van der Waals surface area contributed by atoms with Gasteiger partial charge in [0.2, 0.25) is 0 Å². The second-order valence-corrected chi connectivity index (χ2v) is 3.63. The SMILES string of the molecule is C=C=Cc1cccc(CCCC(=O)OC)c1O. The summed E-state index contributed by atoms with van der Waals surface area (Å²) in [5.41, 5.74) is 4.13. The number of carbonyl (C=O) groups is 1. The molecule has 0 aliphatic carbocycles. The molecule has 3 heteroatoms. The van der Waals surface area contributed by atoms with Crippen LogP contribution in [0.2, 0.25) is 0 Å². The van der Waals surface area contributed by atoms with Gasteiger partial charge in [-0.2, -0.15) is 0 Å². The fourth-order valence-corrected chi connectivity index (χ4v) is 1.56. The number of benzene rings is 1. The number of aromatic hydroxyl groups is 1. The molecular formula is C14H16O3. The van der Waals surface area contributed by atoms with Crippen LogP contribution in [0, 0.1) is 0 Å². The highest BCUT2D eigenvalue weighted by Crippen LogP contribution is 2.24. The van der Waals surface area contributed by atoms with Crippen LogP contribution in [0.3, 0.4) is 0 Å². The average molecular weight is 232 g/mol. The van der Waals surface area contributed by atoms with Gasteiger partial charge in [0, 0.05) is 12.0 Å². The third kappa shape index (κ3) is 3.82. The fraction of sp³-hybridized carbons (Fsp3) is 0.286. The maximum Gasteiger partial charge on any atom is 0.305 e. The molecule has 0 aliphatic rings. The zero-order chi connectivity index (χ0) is 12.7. The highest BCUT2D eigenvalue weighted by atomic mass is 16.5. The van der Waals surface area contributed by atoms with E-state index in [2.05, 4.69) is 17.0 Å². The summed E-state index contributed by atoms with van der Waals surface area (Å²) in [6, 6.07) is 5.49. The first-order valence-electron chi connectivity index (χ1n) is 5.42. The van der Waals surface area contributed by atoms with Crippen molar-refractivity contribution in [2.45, 2.75) is 19.3 Å². The van der Waals surface area contributed by atoms with E-state index in [4.69, 9.17) is 0 Å². The van der Waals surface area contributed by atoms with Crippen LogP contribution >= 0.6 is 0 Å². The van der Waals surface area contributed by atoms with E-state index in [1.165, 1.54) is 7.11 Å². The van der Waals surface area contributed by atoms with E-state index in [0.717, 1.165) is 5.56 Å². The van der Waals surface area contributed by atoms with Gasteiger partial charge in [-0.05, 0) is 24.5 Å². The van der Waals surface area contributed by atoms with Gasteiger partial charge in [-0.3, -0.25) is 4.79 Å². The molecule has 0 radical (unpaired) electrons. The number of ether oxygens (including phenoxy) is 1. The molecule has 0 aliphatic heterocycles. The molecule has 90 valence electrons. The predicted molar refractivity (Wildman–Crippen MR) is 66.7 cm³/mol. The molecular weight excluding hydrogens is 216 g/mol. The lowest BCUT2D eigenvalue weighted by Crippen LogP contribution is -2.00. The van der Waals surface area contributed by atoms with Crippen molar-refractivity contribution in [2.75, 3.05) is 7.11 Å². The third-order valence-electron chi connectivity index (χ3n) is 2.46. The van der Waals surface area contributed by atoms with Crippen LogP contribution in [0.1, 0.15) is 24.0 Å². The Bertz CT molecular complexity index is 443. The molecule has 1 aromatic rings. The topological polar surface area (TPSA) is 46.5 Å². The van der Waals surface area contributed by atoms with Crippen molar-refractivity contribution < 1.29 is 14.6 Å². The average Bonchev–Trinajstić information content (AvgIpc) is 2.33. The third-order valence-corrected chi connectivity index (χ3v) is 2.46. The molecule has 0 amide bonds. The Hall–Kier alpha value is -1.99. The first kappa shape index (κ1) is 13.1. The van der Waals surface area contributed by atoms with Gasteiger partial charge in [0.1, 0.15) is 5.75 Å². The van der Waals surface area contributed by atoms with Crippen molar-refractivity contribution in [3.05, 3.63) is 41.6 Å². The number of phenolic OH excluding ortho intramolecular Hbond substituents is 1. The van der Waals surface area contributed by atoms with Gasteiger partial charge in [0.25, 0.3) is 0 Å². The fourth-order valence-electron chi connectivity index (χ4n) is 1.56. The predicted octanol–water partition coefficient (Wildman–Crippen LogP) is 2.69. The number of esters is 1. The van der Waals surface area contributed by atoms with Crippen LogP contribution in [0.25, 0.3) is 6.08 Å². The lowest BCUT2D eigenvalue weighted by molar-refractivity contribution is -0.140. The smallest absolute Gasteiger partial charge is 0.305 e. The summed E-state index contributed by atoms with van der Waals surface area (Å²) in [7, 11) is 1.37. The van der Waals surface area contributed by atoms with Crippen LogP contribution in [-0.2, 0) is 16.0 Å². The molecule has 0 aromatic heterocycles. The largest absolute Gasteiger partial charge is 0.507 e. The number of methoxy groups -OCH3 is 1. The number of rotatable bonds is 5. The molecule has 0 unspecified atom stereocenters. The van der Waals surface area contributed by atoms with Gasteiger partial charge in [-0.1, -0.05) is 24.8 Å². The van der Waals surface area contributed by atoms with Crippen molar-refractivity contribution in [2.24, 2.45) is 0 Å². The second-order valence-electron chi connectivity index (χ2n) is 3.63. The van der Waals surface area contributed by atoms with E-state index in [9.17, 15) is 9.90 Å². The second kappa shape index (κ2) is 6.56. The zero-order valence-corrected chi connectivity index (χ0v) is 9.90.